The molecule has 0 bridgehead atoms. The molecule has 58 heavy (non-hydrogen) atoms. The van der Waals surface area contributed by atoms with Gasteiger partial charge in [0.15, 0.2) is 6.10 Å². The van der Waals surface area contributed by atoms with Crippen molar-refractivity contribution in [3.05, 3.63) is 97.2 Å². The molecule has 3 atom stereocenters. The second-order valence-corrected chi connectivity index (χ2v) is 15.0. The van der Waals surface area contributed by atoms with Crippen LogP contribution in [-0.2, 0) is 32.7 Å². The monoisotopic (exact) mass is 840 g/mol. The number of phosphoric ester groups is 1. The maximum atomic E-state index is 12.6. The summed E-state index contributed by atoms with van der Waals surface area (Å²) in [6.07, 6.45) is 49.3. The van der Waals surface area contributed by atoms with Crippen molar-refractivity contribution < 1.29 is 77.3 Å². The Bertz CT molecular complexity index is 1270. The quantitative estimate of drug-likeness (QED) is 0.0209. The van der Waals surface area contributed by atoms with E-state index in [1.165, 1.54) is 38.5 Å². The van der Waals surface area contributed by atoms with Gasteiger partial charge < -0.3 is 33.6 Å². The number of carbonyl (C=O) groups excluding carboxylic acids is 2. The van der Waals surface area contributed by atoms with E-state index in [1.807, 2.05) is 24.3 Å². The molecule has 0 rings (SSSR count). The minimum Gasteiger partial charge on any atom is -0.756 e. The van der Waals surface area contributed by atoms with Gasteiger partial charge >= 0.3 is 41.5 Å². The summed E-state index contributed by atoms with van der Waals surface area (Å²) >= 11 is 0. The zero-order valence-electron chi connectivity index (χ0n) is 36.0. The first kappa shape index (κ1) is 58.0. The van der Waals surface area contributed by atoms with Gasteiger partial charge in [0.25, 0.3) is 7.82 Å². The van der Waals surface area contributed by atoms with Gasteiger partial charge in [0, 0.05) is 12.8 Å². The van der Waals surface area contributed by atoms with Crippen LogP contribution in [0.25, 0.3) is 0 Å². The summed E-state index contributed by atoms with van der Waals surface area (Å²) in [5, 5.41) is 18.3. The zero-order chi connectivity index (χ0) is 41.9. The Hall–Kier alpha value is -2.11. The number of esters is 2. The van der Waals surface area contributed by atoms with Gasteiger partial charge in [0.2, 0.25) is 0 Å². The van der Waals surface area contributed by atoms with E-state index in [-0.39, 0.29) is 42.4 Å². The summed E-state index contributed by atoms with van der Waals surface area (Å²) in [6, 6.07) is 0. The van der Waals surface area contributed by atoms with Crippen LogP contribution in [0.15, 0.2) is 97.2 Å². The van der Waals surface area contributed by atoms with Crippen molar-refractivity contribution in [1.82, 2.24) is 0 Å². The maximum absolute atomic E-state index is 12.6. The third kappa shape index (κ3) is 43.5. The van der Waals surface area contributed by atoms with Crippen LogP contribution in [0.5, 0.6) is 0 Å². The number of allylic oxidation sites excluding steroid dienone is 16. The Balaban J connectivity index is 0. The second kappa shape index (κ2) is 44.4. The van der Waals surface area contributed by atoms with E-state index in [9.17, 15) is 24.2 Å². The molecule has 0 spiro atoms. The predicted molar refractivity (Wildman–Crippen MR) is 230 cm³/mol. The van der Waals surface area contributed by atoms with Gasteiger partial charge in [-0.3, -0.25) is 14.2 Å². The first-order valence-electron chi connectivity index (χ1n) is 21.2. The Kier molecular flexibility index (Phi) is 44.4. The van der Waals surface area contributed by atoms with Crippen molar-refractivity contribution in [1.29, 1.82) is 0 Å². The third-order valence-corrected chi connectivity index (χ3v) is 9.13. The molecular weight excluding hydrogens is 766 g/mol. The summed E-state index contributed by atoms with van der Waals surface area (Å²) in [4.78, 5) is 37.1. The topological polar surface area (TPSA) is 152 Å². The molecule has 0 aromatic carbocycles. The van der Waals surface area contributed by atoms with E-state index in [2.05, 4.69) is 91.3 Å². The van der Waals surface area contributed by atoms with E-state index in [0.717, 1.165) is 51.4 Å². The molecule has 10 nitrogen and oxygen atoms in total. The molecule has 0 saturated heterocycles. The minimum absolute atomic E-state index is 0. The van der Waals surface area contributed by atoms with E-state index in [4.69, 9.17) is 19.1 Å². The number of aliphatic hydroxyl groups excluding tert-OH is 2. The number of unbranched alkanes of at least 4 members (excludes halogenated alkanes) is 8. The number of ether oxygens (including phenoxy) is 2. The van der Waals surface area contributed by atoms with Gasteiger partial charge in [-0.05, 0) is 89.9 Å². The van der Waals surface area contributed by atoms with Crippen molar-refractivity contribution in [2.45, 2.75) is 154 Å². The van der Waals surface area contributed by atoms with Crippen molar-refractivity contribution >= 4 is 19.8 Å². The summed E-state index contributed by atoms with van der Waals surface area (Å²) in [7, 11) is -4.90. The third-order valence-electron chi connectivity index (χ3n) is 8.20. The fourth-order valence-electron chi connectivity index (χ4n) is 4.91. The SMILES string of the molecule is CCCCCC=CCC=CCC=CCC=CCCCC(=O)OC[C@H](COP(=O)([O-])OCC(O)CO)OC(=O)CCCC=CCC=CCC=CCC=CCCCCC.[Na+]. The Morgan fingerprint density at radius 2 is 0.914 bits per heavy atom. The first-order chi connectivity index (χ1) is 27.7. The number of hydrogen-bond donors (Lipinski definition) is 2. The normalized spacial score (nSPS) is 14.6. The zero-order valence-corrected chi connectivity index (χ0v) is 38.9. The average molecular weight is 841 g/mol. The molecule has 0 radical (unpaired) electrons. The average Bonchev–Trinajstić information content (AvgIpc) is 3.20. The van der Waals surface area contributed by atoms with Gasteiger partial charge in [-0.1, -0.05) is 137 Å². The number of hydrogen-bond acceptors (Lipinski definition) is 10. The Morgan fingerprint density at radius 3 is 1.31 bits per heavy atom. The van der Waals surface area contributed by atoms with Crippen LogP contribution in [0.4, 0.5) is 0 Å². The van der Waals surface area contributed by atoms with Crippen LogP contribution in [0.3, 0.4) is 0 Å². The molecule has 0 fully saturated rings. The van der Waals surface area contributed by atoms with Crippen molar-refractivity contribution in [3.8, 4) is 0 Å². The molecule has 324 valence electrons. The van der Waals surface area contributed by atoms with E-state index in [1.54, 1.807) is 0 Å². The molecule has 0 aliphatic carbocycles. The fourth-order valence-corrected chi connectivity index (χ4v) is 5.69. The molecular formula is C46H74NaO10P. The van der Waals surface area contributed by atoms with Crippen molar-refractivity contribution in [2.24, 2.45) is 0 Å². The number of phosphoric acid groups is 1. The molecule has 0 aliphatic rings. The van der Waals surface area contributed by atoms with Crippen molar-refractivity contribution in [3.63, 3.8) is 0 Å². The number of aliphatic hydroxyl groups is 2. The summed E-state index contributed by atoms with van der Waals surface area (Å²) in [5.41, 5.74) is 0. The molecule has 0 aromatic heterocycles. The Morgan fingerprint density at radius 1 is 0.552 bits per heavy atom. The second-order valence-electron chi connectivity index (χ2n) is 13.6. The molecule has 2 unspecified atom stereocenters. The van der Waals surface area contributed by atoms with E-state index < -0.39 is 58.4 Å². The van der Waals surface area contributed by atoms with Gasteiger partial charge in [0.1, 0.15) is 12.7 Å². The van der Waals surface area contributed by atoms with E-state index in [0.29, 0.717) is 25.7 Å². The van der Waals surface area contributed by atoms with Crippen LogP contribution in [0.2, 0.25) is 0 Å². The fraction of sp³-hybridized carbons (Fsp3) is 0.609. The predicted octanol–water partition coefficient (Wildman–Crippen LogP) is 7.59. The number of carbonyl (C=O) groups is 2. The largest absolute Gasteiger partial charge is 1.00 e. The van der Waals surface area contributed by atoms with Gasteiger partial charge in [0.05, 0.1) is 19.8 Å². The smallest absolute Gasteiger partial charge is 0.756 e. The first-order valence-corrected chi connectivity index (χ1v) is 22.6. The van der Waals surface area contributed by atoms with E-state index >= 15 is 0 Å². The van der Waals surface area contributed by atoms with Crippen LogP contribution < -0.4 is 34.5 Å². The molecule has 0 aliphatic heterocycles. The molecule has 2 N–H and O–H groups in total. The van der Waals surface area contributed by atoms with Crippen LogP contribution in [0.1, 0.15) is 142 Å². The molecule has 0 aromatic rings. The Labute approximate surface area is 373 Å². The van der Waals surface area contributed by atoms with Crippen LogP contribution in [0, 0.1) is 0 Å². The molecule has 0 heterocycles. The standard InChI is InChI=1S/C46H75O10P.Na/c1-3-5-7-9-11-13-15-17-19-21-23-25-27-29-31-33-35-37-45(49)53-41-44(42-55-57(51,52)54-40-43(48)39-47)56-46(50)38-36-34-32-30-28-26-24-22-20-18-16-14-12-10-8-6-4-2;/h11-14,17-20,23-26,29-32,43-44,47-48H,3-10,15-16,21-22,27-28,33-42H2,1-2H3,(H,51,52);/q;+1/p-1/t43?,44-;/m1./s1. The van der Waals surface area contributed by atoms with Gasteiger partial charge in [-0.25, -0.2) is 0 Å². The molecule has 0 amide bonds. The maximum Gasteiger partial charge on any atom is 1.00 e. The van der Waals surface area contributed by atoms with Crippen molar-refractivity contribution in [2.75, 3.05) is 26.4 Å². The number of rotatable bonds is 38. The summed E-state index contributed by atoms with van der Waals surface area (Å²) in [6.45, 7) is 1.99. The summed E-state index contributed by atoms with van der Waals surface area (Å²) in [5.74, 6) is -1.10. The summed E-state index contributed by atoms with van der Waals surface area (Å²) < 4.78 is 32.2. The van der Waals surface area contributed by atoms with Gasteiger partial charge in [-0.2, -0.15) is 0 Å². The molecule has 12 heteroatoms. The molecule has 0 saturated carbocycles. The minimum atomic E-state index is -4.90. The van der Waals surface area contributed by atoms with Gasteiger partial charge in [-0.15, -0.1) is 0 Å². The van der Waals surface area contributed by atoms with Crippen LogP contribution in [-0.4, -0.2) is 60.8 Å². The van der Waals surface area contributed by atoms with Crippen LogP contribution >= 0.6 is 7.82 Å².